The zero-order chi connectivity index (χ0) is 22.0. The molecule has 0 saturated heterocycles. The van der Waals surface area contributed by atoms with E-state index in [1.54, 1.807) is 31.3 Å². The lowest BCUT2D eigenvalue weighted by atomic mass is 9.93. The normalized spacial score (nSPS) is 20.0. The molecular formula is C23H37ClN2O3S. The van der Waals surface area contributed by atoms with Crippen molar-refractivity contribution in [2.75, 3.05) is 33.8 Å². The first-order valence-electron chi connectivity index (χ1n) is 11.0. The maximum Gasteiger partial charge on any atom is 0.244 e. The Bertz CT molecular complexity index is 749. The summed E-state index contributed by atoms with van der Waals surface area (Å²) in [4.78, 5) is 2.47. The largest absolute Gasteiger partial charge is 0.378 e. The summed E-state index contributed by atoms with van der Waals surface area (Å²) in [5, 5.41) is 0.272. The minimum absolute atomic E-state index is 0.00122. The molecule has 1 aromatic carbocycles. The second kappa shape index (κ2) is 12.8. The van der Waals surface area contributed by atoms with Crippen molar-refractivity contribution in [1.29, 1.82) is 0 Å². The van der Waals surface area contributed by atoms with Crippen molar-refractivity contribution >= 4 is 21.6 Å². The van der Waals surface area contributed by atoms with Crippen LogP contribution in [-0.4, -0.2) is 63.6 Å². The van der Waals surface area contributed by atoms with Gasteiger partial charge in [0.25, 0.3) is 0 Å². The van der Waals surface area contributed by atoms with Gasteiger partial charge in [-0.1, -0.05) is 42.7 Å². The highest BCUT2D eigenvalue weighted by molar-refractivity contribution is 7.89. The second-order valence-corrected chi connectivity index (χ2v) is 10.6. The molecule has 0 bridgehead atoms. The van der Waals surface area contributed by atoms with E-state index in [0.29, 0.717) is 0 Å². The van der Waals surface area contributed by atoms with Crippen molar-refractivity contribution in [1.82, 2.24) is 9.21 Å². The van der Waals surface area contributed by atoms with Crippen molar-refractivity contribution < 1.29 is 13.2 Å². The molecule has 0 amide bonds. The van der Waals surface area contributed by atoms with Crippen LogP contribution in [0.1, 0.15) is 51.4 Å². The lowest BCUT2D eigenvalue weighted by Crippen LogP contribution is -2.40. The third kappa shape index (κ3) is 7.65. The molecule has 2 rings (SSSR count). The predicted octanol–water partition coefficient (Wildman–Crippen LogP) is 4.97. The zero-order valence-corrected chi connectivity index (χ0v) is 20.0. The second-order valence-electron chi connectivity index (χ2n) is 8.22. The molecular weight excluding hydrogens is 420 g/mol. The van der Waals surface area contributed by atoms with Crippen LogP contribution in [0.2, 0.25) is 5.02 Å². The standard InChI is InChI=1S/C23H37ClN2O3S/c1-4-17-25(2)18-9-5-6-10-19-29-21-15-13-20(14-16-21)26(3)30(27,28)23-12-8-7-11-22(23)24/h4,7-8,11-12,20-21H,1,5-6,9-10,13-19H2,2-3H3. The fourth-order valence-electron chi connectivity index (χ4n) is 3.98. The number of ether oxygens (including phenoxy) is 1. The summed E-state index contributed by atoms with van der Waals surface area (Å²) in [5.41, 5.74) is 0. The molecule has 0 unspecified atom stereocenters. The summed E-state index contributed by atoms with van der Waals surface area (Å²) in [5.74, 6) is 0. The topological polar surface area (TPSA) is 49.9 Å². The van der Waals surface area contributed by atoms with Gasteiger partial charge < -0.3 is 9.64 Å². The Kier molecular flexibility index (Phi) is 10.8. The molecule has 0 radical (unpaired) electrons. The summed E-state index contributed by atoms with van der Waals surface area (Å²) in [6.45, 7) is 6.62. The van der Waals surface area contributed by atoms with Crippen molar-refractivity contribution in [2.45, 2.75) is 68.4 Å². The third-order valence-electron chi connectivity index (χ3n) is 5.88. The van der Waals surface area contributed by atoms with E-state index in [4.69, 9.17) is 16.3 Å². The van der Waals surface area contributed by atoms with Crippen LogP contribution in [0.25, 0.3) is 0 Å². The van der Waals surface area contributed by atoms with Gasteiger partial charge in [-0.15, -0.1) is 6.58 Å². The maximum atomic E-state index is 12.9. The fraction of sp³-hybridized carbons (Fsp3) is 0.652. The summed E-state index contributed by atoms with van der Waals surface area (Å²) >= 11 is 6.11. The van der Waals surface area contributed by atoms with E-state index < -0.39 is 10.0 Å². The SMILES string of the molecule is C=CCN(C)CCCCCCOC1CCC(N(C)S(=O)(=O)c2ccccc2Cl)CC1. The Morgan fingerprint density at radius 1 is 1.10 bits per heavy atom. The van der Waals surface area contributed by atoms with Crippen molar-refractivity contribution in [3.8, 4) is 0 Å². The number of benzene rings is 1. The van der Waals surface area contributed by atoms with E-state index in [-0.39, 0.29) is 22.1 Å². The number of halogens is 1. The van der Waals surface area contributed by atoms with Crippen molar-refractivity contribution in [2.24, 2.45) is 0 Å². The molecule has 1 fully saturated rings. The minimum atomic E-state index is -3.57. The zero-order valence-electron chi connectivity index (χ0n) is 18.4. The molecule has 170 valence electrons. The lowest BCUT2D eigenvalue weighted by Gasteiger charge is -2.34. The first kappa shape index (κ1) is 25.3. The van der Waals surface area contributed by atoms with E-state index in [0.717, 1.165) is 51.8 Å². The van der Waals surface area contributed by atoms with Gasteiger partial charge in [0.1, 0.15) is 4.90 Å². The van der Waals surface area contributed by atoms with E-state index in [1.807, 2.05) is 6.08 Å². The Hall–Kier alpha value is -0.920. The summed E-state index contributed by atoms with van der Waals surface area (Å²) in [6.07, 6.45) is 10.3. The van der Waals surface area contributed by atoms with Gasteiger partial charge in [-0.2, -0.15) is 4.31 Å². The molecule has 0 spiro atoms. The number of likely N-dealkylation sites (N-methyl/N-ethyl adjacent to an activating group) is 1. The van der Waals surface area contributed by atoms with Gasteiger partial charge in [-0.05, 0) is 64.3 Å². The van der Waals surface area contributed by atoms with Crippen LogP contribution >= 0.6 is 11.6 Å². The van der Waals surface area contributed by atoms with Crippen LogP contribution in [0.4, 0.5) is 0 Å². The average molecular weight is 457 g/mol. The number of hydrogen-bond acceptors (Lipinski definition) is 4. The van der Waals surface area contributed by atoms with Gasteiger partial charge in [0.05, 0.1) is 11.1 Å². The highest BCUT2D eigenvalue weighted by Gasteiger charge is 2.32. The number of sulfonamides is 1. The van der Waals surface area contributed by atoms with E-state index >= 15 is 0 Å². The van der Waals surface area contributed by atoms with Crippen molar-refractivity contribution in [3.63, 3.8) is 0 Å². The molecule has 1 aromatic rings. The van der Waals surface area contributed by atoms with Gasteiger partial charge in [0.2, 0.25) is 10.0 Å². The van der Waals surface area contributed by atoms with Crippen LogP contribution in [0.15, 0.2) is 41.8 Å². The molecule has 1 aliphatic carbocycles. The Balaban J connectivity index is 1.65. The third-order valence-corrected chi connectivity index (χ3v) is 8.29. The lowest BCUT2D eigenvalue weighted by molar-refractivity contribution is 0.0156. The number of unbranched alkanes of at least 4 members (excludes halogenated alkanes) is 3. The van der Waals surface area contributed by atoms with E-state index in [9.17, 15) is 8.42 Å². The van der Waals surface area contributed by atoms with Gasteiger partial charge in [0.15, 0.2) is 0 Å². The molecule has 0 atom stereocenters. The van der Waals surface area contributed by atoms with Crippen LogP contribution in [-0.2, 0) is 14.8 Å². The van der Waals surface area contributed by atoms with E-state index in [2.05, 4.69) is 18.5 Å². The highest BCUT2D eigenvalue weighted by atomic mass is 35.5. The van der Waals surface area contributed by atoms with Crippen LogP contribution in [0.5, 0.6) is 0 Å². The van der Waals surface area contributed by atoms with Gasteiger partial charge >= 0.3 is 0 Å². The predicted molar refractivity (Wildman–Crippen MR) is 125 cm³/mol. The molecule has 0 aliphatic heterocycles. The quantitative estimate of drug-likeness (QED) is 0.310. The summed E-state index contributed by atoms with van der Waals surface area (Å²) < 4.78 is 33.4. The van der Waals surface area contributed by atoms with Gasteiger partial charge in [-0.3, -0.25) is 0 Å². The Morgan fingerprint density at radius 2 is 1.77 bits per heavy atom. The summed E-state index contributed by atoms with van der Waals surface area (Å²) in [6, 6.07) is 6.63. The number of hydrogen-bond donors (Lipinski definition) is 0. The first-order chi connectivity index (χ1) is 14.4. The van der Waals surface area contributed by atoms with Crippen LogP contribution in [0, 0.1) is 0 Å². The van der Waals surface area contributed by atoms with Crippen molar-refractivity contribution in [3.05, 3.63) is 41.9 Å². The van der Waals surface area contributed by atoms with Crippen LogP contribution < -0.4 is 0 Å². The minimum Gasteiger partial charge on any atom is -0.378 e. The number of nitrogens with zero attached hydrogens (tertiary/aromatic N) is 2. The number of rotatable bonds is 13. The van der Waals surface area contributed by atoms with E-state index in [1.165, 1.54) is 23.6 Å². The monoisotopic (exact) mass is 456 g/mol. The first-order valence-corrected chi connectivity index (χ1v) is 12.8. The van der Waals surface area contributed by atoms with Crippen LogP contribution in [0.3, 0.4) is 0 Å². The molecule has 1 aliphatic rings. The molecule has 0 N–H and O–H groups in total. The molecule has 5 nitrogen and oxygen atoms in total. The maximum absolute atomic E-state index is 12.9. The average Bonchev–Trinajstić information content (AvgIpc) is 2.73. The smallest absolute Gasteiger partial charge is 0.244 e. The molecule has 7 heteroatoms. The Labute approximate surface area is 188 Å². The fourth-order valence-corrected chi connectivity index (χ4v) is 5.89. The molecule has 0 heterocycles. The molecule has 30 heavy (non-hydrogen) atoms. The Morgan fingerprint density at radius 3 is 2.43 bits per heavy atom. The molecule has 0 aromatic heterocycles. The summed E-state index contributed by atoms with van der Waals surface area (Å²) in [7, 11) is 0.212. The molecule has 1 saturated carbocycles. The van der Waals surface area contributed by atoms with Gasteiger partial charge in [0, 0.05) is 26.2 Å². The van der Waals surface area contributed by atoms with Gasteiger partial charge in [-0.25, -0.2) is 8.42 Å². The highest BCUT2D eigenvalue weighted by Crippen LogP contribution is 2.30.